The first-order valence-corrected chi connectivity index (χ1v) is 8.49. The van der Waals surface area contributed by atoms with Gasteiger partial charge in [0.2, 0.25) is 4.96 Å². The molecule has 1 aromatic carbocycles. The summed E-state index contributed by atoms with van der Waals surface area (Å²) in [6.07, 6.45) is 4.75. The monoisotopic (exact) mass is 312 g/mol. The number of rotatable bonds is 4. The number of aromatic nitrogens is 4. The van der Waals surface area contributed by atoms with Crippen molar-refractivity contribution in [3.63, 3.8) is 0 Å². The predicted molar refractivity (Wildman–Crippen MR) is 83.6 cm³/mol. The van der Waals surface area contributed by atoms with Crippen molar-refractivity contribution in [3.05, 3.63) is 40.7 Å². The quantitative estimate of drug-likeness (QED) is 0.742. The summed E-state index contributed by atoms with van der Waals surface area (Å²) in [7, 11) is 1.70. The Morgan fingerprint density at radius 2 is 1.95 bits per heavy atom. The summed E-state index contributed by atoms with van der Waals surface area (Å²) in [5.41, 5.74) is 1.41. The topological polar surface area (TPSA) is 52.3 Å². The molecule has 0 spiro atoms. The molecule has 0 N–H and O–H groups in total. The van der Waals surface area contributed by atoms with Gasteiger partial charge in [0.25, 0.3) is 0 Å². The summed E-state index contributed by atoms with van der Waals surface area (Å²) in [4.78, 5) is 0.927. The van der Waals surface area contributed by atoms with Crippen LogP contribution in [0.1, 0.15) is 48.0 Å². The molecule has 0 unspecified atom stereocenters. The lowest BCUT2D eigenvalue weighted by atomic mass is 9.97. The molecule has 112 valence electrons. The molecule has 2 saturated carbocycles. The second-order valence-electron chi connectivity index (χ2n) is 6.24. The first-order chi connectivity index (χ1) is 10.8. The molecular weight excluding hydrogens is 296 g/mol. The lowest BCUT2D eigenvalue weighted by molar-refractivity contribution is 0.414. The normalized spacial score (nSPS) is 19.5. The Morgan fingerprint density at radius 1 is 1.18 bits per heavy atom. The smallest absolute Gasteiger partial charge is 0.234 e. The maximum absolute atomic E-state index is 5.26. The predicted octanol–water partition coefficient (Wildman–Crippen LogP) is 3.15. The largest absolute Gasteiger partial charge is 0.497 e. The lowest BCUT2D eigenvalue weighted by Crippen LogP contribution is -2.09. The minimum Gasteiger partial charge on any atom is -0.497 e. The second-order valence-corrected chi connectivity index (χ2v) is 7.20. The van der Waals surface area contributed by atoms with E-state index in [1.165, 1.54) is 23.4 Å². The molecule has 3 aromatic rings. The van der Waals surface area contributed by atoms with Crippen LogP contribution >= 0.6 is 11.3 Å². The van der Waals surface area contributed by atoms with Gasteiger partial charge < -0.3 is 4.74 Å². The van der Waals surface area contributed by atoms with E-state index < -0.39 is 0 Å². The zero-order valence-electron chi connectivity index (χ0n) is 12.3. The summed E-state index contributed by atoms with van der Waals surface area (Å²) < 4.78 is 7.23. The molecule has 0 aliphatic heterocycles. The third kappa shape index (κ3) is 1.73. The van der Waals surface area contributed by atoms with E-state index in [0.717, 1.165) is 29.4 Å². The number of nitrogens with zero attached hydrogens (tertiary/aromatic N) is 4. The van der Waals surface area contributed by atoms with Crippen molar-refractivity contribution < 1.29 is 4.74 Å². The Balaban J connectivity index is 1.57. The van der Waals surface area contributed by atoms with Crippen LogP contribution in [0.2, 0.25) is 0 Å². The zero-order chi connectivity index (χ0) is 14.7. The summed E-state index contributed by atoms with van der Waals surface area (Å²) in [5, 5.41) is 14.6. The van der Waals surface area contributed by atoms with E-state index in [2.05, 4.69) is 22.3 Å². The van der Waals surface area contributed by atoms with Crippen molar-refractivity contribution in [1.29, 1.82) is 0 Å². The van der Waals surface area contributed by atoms with Gasteiger partial charge in [0.05, 0.1) is 7.11 Å². The third-order valence-corrected chi connectivity index (χ3v) is 5.86. The minimum atomic E-state index is 0.0818. The van der Waals surface area contributed by atoms with Crippen molar-refractivity contribution in [2.45, 2.75) is 37.0 Å². The van der Waals surface area contributed by atoms with Gasteiger partial charge in [0, 0.05) is 11.3 Å². The molecule has 0 bridgehead atoms. The van der Waals surface area contributed by atoms with Gasteiger partial charge in [0.1, 0.15) is 10.8 Å². The highest BCUT2D eigenvalue weighted by Gasteiger charge is 2.49. The first kappa shape index (κ1) is 12.6. The molecule has 2 aromatic heterocycles. The van der Waals surface area contributed by atoms with E-state index in [1.807, 2.05) is 16.6 Å². The van der Waals surface area contributed by atoms with Gasteiger partial charge in [-0.05, 0) is 43.4 Å². The van der Waals surface area contributed by atoms with E-state index in [0.29, 0.717) is 5.92 Å². The summed E-state index contributed by atoms with van der Waals surface area (Å²) >= 11 is 1.68. The van der Waals surface area contributed by atoms with Crippen molar-refractivity contribution >= 4 is 16.3 Å². The average molecular weight is 312 g/mol. The molecule has 0 radical (unpaired) electrons. The van der Waals surface area contributed by atoms with Crippen LogP contribution in [-0.4, -0.2) is 26.9 Å². The standard InChI is InChI=1S/C16H16N4OS/c1-21-12-6-4-11(5-7-12)16(8-9-16)14-19-20-13(10-2-3-10)17-18-15(20)22-14/h4-7,10H,2-3,8-9H2,1H3. The maximum Gasteiger partial charge on any atom is 0.234 e. The Kier molecular flexibility index (Phi) is 2.45. The summed E-state index contributed by atoms with van der Waals surface area (Å²) in [5.74, 6) is 2.51. The fraction of sp³-hybridized carbons (Fsp3) is 0.438. The molecule has 6 heteroatoms. The van der Waals surface area contributed by atoms with Crippen molar-refractivity contribution in [3.8, 4) is 5.75 Å². The Bertz CT molecular complexity index is 843. The fourth-order valence-corrected chi connectivity index (χ4v) is 4.20. The summed E-state index contributed by atoms with van der Waals surface area (Å²) in [6.45, 7) is 0. The third-order valence-electron chi connectivity index (χ3n) is 4.76. The number of benzene rings is 1. The van der Waals surface area contributed by atoms with Crippen LogP contribution in [0.3, 0.4) is 0 Å². The first-order valence-electron chi connectivity index (χ1n) is 7.67. The highest BCUT2D eigenvalue weighted by molar-refractivity contribution is 7.16. The highest BCUT2D eigenvalue weighted by Crippen LogP contribution is 2.54. The van der Waals surface area contributed by atoms with Gasteiger partial charge >= 0.3 is 0 Å². The molecule has 2 aliphatic carbocycles. The summed E-state index contributed by atoms with van der Waals surface area (Å²) in [6, 6.07) is 8.39. The molecule has 22 heavy (non-hydrogen) atoms. The Morgan fingerprint density at radius 3 is 2.59 bits per heavy atom. The van der Waals surface area contributed by atoms with Crippen LogP contribution in [0.15, 0.2) is 24.3 Å². The van der Waals surface area contributed by atoms with Gasteiger partial charge in [-0.2, -0.15) is 9.61 Å². The van der Waals surface area contributed by atoms with Crippen LogP contribution in [0, 0.1) is 0 Å². The van der Waals surface area contributed by atoms with Gasteiger partial charge in [0.15, 0.2) is 5.82 Å². The lowest BCUT2D eigenvalue weighted by Gasteiger charge is -2.12. The number of hydrogen-bond acceptors (Lipinski definition) is 5. The van der Waals surface area contributed by atoms with E-state index >= 15 is 0 Å². The van der Waals surface area contributed by atoms with Gasteiger partial charge in [-0.25, -0.2) is 0 Å². The molecule has 5 rings (SSSR count). The van der Waals surface area contributed by atoms with Gasteiger partial charge in [-0.3, -0.25) is 0 Å². The van der Waals surface area contributed by atoms with E-state index in [4.69, 9.17) is 9.84 Å². The van der Waals surface area contributed by atoms with Crippen LogP contribution in [0.5, 0.6) is 5.75 Å². The Labute approximate surface area is 131 Å². The fourth-order valence-electron chi connectivity index (χ4n) is 3.08. The van der Waals surface area contributed by atoms with Crippen LogP contribution < -0.4 is 4.74 Å². The molecule has 2 fully saturated rings. The Hall–Kier alpha value is -1.95. The molecule has 5 nitrogen and oxygen atoms in total. The number of methoxy groups -OCH3 is 1. The number of fused-ring (bicyclic) bond motifs is 1. The minimum absolute atomic E-state index is 0.0818. The van der Waals surface area contributed by atoms with Gasteiger partial charge in [-0.15, -0.1) is 10.2 Å². The molecule has 0 amide bonds. The van der Waals surface area contributed by atoms with Crippen molar-refractivity contribution in [2.75, 3.05) is 7.11 Å². The second kappa shape index (κ2) is 4.29. The maximum atomic E-state index is 5.26. The molecule has 2 aliphatic rings. The van der Waals surface area contributed by atoms with Crippen LogP contribution in [0.4, 0.5) is 0 Å². The van der Waals surface area contributed by atoms with E-state index in [1.54, 1.807) is 18.4 Å². The van der Waals surface area contributed by atoms with E-state index in [9.17, 15) is 0 Å². The molecular formula is C16H16N4OS. The van der Waals surface area contributed by atoms with Crippen molar-refractivity contribution in [1.82, 2.24) is 19.8 Å². The SMILES string of the molecule is COc1ccc(C2(c3nn4c(C5CC5)nnc4s3)CC2)cc1. The average Bonchev–Trinajstić information content (AvgIpc) is 3.46. The molecule has 2 heterocycles. The molecule has 0 atom stereocenters. The highest BCUT2D eigenvalue weighted by atomic mass is 32.1. The number of hydrogen-bond donors (Lipinski definition) is 0. The number of ether oxygens (including phenoxy) is 1. The van der Waals surface area contributed by atoms with Crippen LogP contribution in [-0.2, 0) is 5.41 Å². The van der Waals surface area contributed by atoms with Gasteiger partial charge in [-0.1, -0.05) is 23.5 Å². The van der Waals surface area contributed by atoms with Crippen molar-refractivity contribution in [2.24, 2.45) is 0 Å². The molecule has 0 saturated heterocycles. The van der Waals surface area contributed by atoms with Crippen LogP contribution in [0.25, 0.3) is 4.96 Å². The van der Waals surface area contributed by atoms with E-state index in [-0.39, 0.29) is 5.41 Å². The zero-order valence-corrected chi connectivity index (χ0v) is 13.1.